The van der Waals surface area contributed by atoms with Gasteiger partial charge in [-0.3, -0.25) is 10.1 Å². The molecule has 7 heteroatoms. The summed E-state index contributed by atoms with van der Waals surface area (Å²) in [5.74, 6) is -0.625. The molecule has 0 spiro atoms. The first-order valence-corrected chi connectivity index (χ1v) is 6.65. The molecule has 0 saturated heterocycles. The Morgan fingerprint density at radius 3 is 2.89 bits per heavy atom. The van der Waals surface area contributed by atoms with Gasteiger partial charge >= 0.3 is 0 Å². The van der Waals surface area contributed by atoms with Gasteiger partial charge in [0.05, 0.1) is 4.92 Å². The summed E-state index contributed by atoms with van der Waals surface area (Å²) in [4.78, 5) is 11.1. The Hall–Kier alpha value is -1.47. The van der Waals surface area contributed by atoms with Gasteiger partial charge in [0, 0.05) is 27.3 Å². The molecule has 94 valence electrons. The minimum atomic E-state index is -0.625. The van der Waals surface area contributed by atoms with Crippen LogP contribution in [0.3, 0.4) is 0 Å². The van der Waals surface area contributed by atoms with Crippen LogP contribution in [0, 0.1) is 15.9 Å². The molecule has 1 N–H and O–H groups in total. The maximum absolute atomic E-state index is 13.5. The van der Waals surface area contributed by atoms with Crippen LogP contribution in [0.25, 0.3) is 0 Å². The first-order chi connectivity index (χ1) is 8.58. The fraction of sp³-hybridized carbons (Fsp3) is 0.0909. The third kappa shape index (κ3) is 2.85. The molecular weight excluding hydrogens is 323 g/mol. The van der Waals surface area contributed by atoms with Crippen LogP contribution in [0.2, 0.25) is 0 Å². The molecule has 0 bridgehead atoms. The summed E-state index contributed by atoms with van der Waals surface area (Å²) in [7, 11) is 0. The average molecular weight is 331 g/mol. The largest absolute Gasteiger partial charge is 0.372 e. The first-order valence-electron chi connectivity index (χ1n) is 4.97. The Balaban J connectivity index is 2.20. The first kappa shape index (κ1) is 13.0. The van der Waals surface area contributed by atoms with Crippen molar-refractivity contribution in [1.82, 2.24) is 0 Å². The van der Waals surface area contributed by atoms with E-state index in [1.54, 1.807) is 0 Å². The zero-order valence-corrected chi connectivity index (χ0v) is 11.4. The van der Waals surface area contributed by atoms with Gasteiger partial charge in [-0.2, -0.15) is 0 Å². The third-order valence-corrected chi connectivity index (χ3v) is 3.95. The van der Waals surface area contributed by atoms with Crippen LogP contribution in [-0.4, -0.2) is 4.92 Å². The number of thiophene rings is 1. The highest BCUT2D eigenvalue weighted by atomic mass is 79.9. The standard InChI is InChI=1S/C11H8BrFN2O2S/c12-7-4-8(18-6-7)5-14-11-9(13)2-1-3-10(11)15(16)17/h1-4,6,14H,5H2. The maximum Gasteiger partial charge on any atom is 0.295 e. The van der Waals surface area contributed by atoms with Gasteiger partial charge < -0.3 is 5.32 Å². The zero-order valence-electron chi connectivity index (χ0n) is 9.02. The van der Waals surface area contributed by atoms with Gasteiger partial charge in [0.15, 0.2) is 5.82 Å². The second-order valence-corrected chi connectivity index (χ2v) is 5.39. The number of nitro groups is 1. The van der Waals surface area contributed by atoms with Crippen LogP contribution in [-0.2, 0) is 6.54 Å². The van der Waals surface area contributed by atoms with Crippen molar-refractivity contribution in [1.29, 1.82) is 0 Å². The molecule has 0 radical (unpaired) electrons. The normalized spacial score (nSPS) is 10.3. The molecule has 0 unspecified atom stereocenters. The minimum absolute atomic E-state index is 0.0768. The molecule has 0 aliphatic heterocycles. The lowest BCUT2D eigenvalue weighted by molar-refractivity contribution is -0.384. The van der Waals surface area contributed by atoms with E-state index < -0.39 is 10.7 Å². The summed E-state index contributed by atoms with van der Waals surface area (Å²) in [6, 6.07) is 5.67. The Labute approximate surface area is 115 Å². The van der Waals surface area contributed by atoms with Gasteiger partial charge in [-0.1, -0.05) is 6.07 Å². The van der Waals surface area contributed by atoms with Gasteiger partial charge in [0.1, 0.15) is 5.69 Å². The quantitative estimate of drug-likeness (QED) is 0.676. The van der Waals surface area contributed by atoms with Gasteiger partial charge in [-0.05, 0) is 28.1 Å². The minimum Gasteiger partial charge on any atom is -0.372 e. The summed E-state index contributed by atoms with van der Waals surface area (Å²) in [6.07, 6.45) is 0. The zero-order chi connectivity index (χ0) is 13.1. The molecule has 2 rings (SSSR count). The number of anilines is 1. The molecule has 1 heterocycles. The Bertz CT molecular complexity index is 588. The lowest BCUT2D eigenvalue weighted by Gasteiger charge is -2.06. The molecule has 4 nitrogen and oxygen atoms in total. The molecule has 0 fully saturated rings. The number of nitrogens with zero attached hydrogens (tertiary/aromatic N) is 1. The van der Waals surface area contributed by atoms with Gasteiger partial charge in [-0.15, -0.1) is 11.3 Å². The predicted molar refractivity (Wildman–Crippen MR) is 72.4 cm³/mol. The molecule has 0 aliphatic carbocycles. The smallest absolute Gasteiger partial charge is 0.295 e. The van der Waals surface area contributed by atoms with Crippen molar-refractivity contribution in [3.05, 3.63) is 54.9 Å². The number of benzene rings is 1. The van der Waals surface area contributed by atoms with E-state index in [2.05, 4.69) is 21.2 Å². The van der Waals surface area contributed by atoms with E-state index in [0.717, 1.165) is 9.35 Å². The SMILES string of the molecule is O=[N+]([O-])c1cccc(F)c1NCc1cc(Br)cs1. The highest BCUT2D eigenvalue weighted by Crippen LogP contribution is 2.28. The molecule has 1 aromatic carbocycles. The molecule has 1 aromatic heterocycles. The average Bonchev–Trinajstić information content (AvgIpc) is 2.73. The van der Waals surface area contributed by atoms with Crippen LogP contribution in [0.4, 0.5) is 15.8 Å². The van der Waals surface area contributed by atoms with Gasteiger partial charge in [0.2, 0.25) is 0 Å². The summed E-state index contributed by atoms with van der Waals surface area (Å²) < 4.78 is 14.5. The number of hydrogen-bond acceptors (Lipinski definition) is 4. The van der Waals surface area contributed by atoms with E-state index >= 15 is 0 Å². The number of nitro benzene ring substituents is 1. The number of nitrogens with one attached hydrogen (secondary N) is 1. The van der Waals surface area contributed by atoms with Crippen LogP contribution >= 0.6 is 27.3 Å². The number of rotatable bonds is 4. The molecule has 0 saturated carbocycles. The summed E-state index contributed by atoms with van der Waals surface area (Å²) in [5.41, 5.74) is -0.336. The van der Waals surface area contributed by atoms with Crippen molar-refractivity contribution in [3.8, 4) is 0 Å². The van der Waals surface area contributed by atoms with Crippen LogP contribution < -0.4 is 5.32 Å². The van der Waals surface area contributed by atoms with E-state index in [9.17, 15) is 14.5 Å². The van der Waals surface area contributed by atoms with Crippen molar-refractivity contribution in [2.45, 2.75) is 6.54 Å². The van der Waals surface area contributed by atoms with E-state index in [-0.39, 0.29) is 11.4 Å². The molecular formula is C11H8BrFN2O2S. The Morgan fingerprint density at radius 2 is 2.28 bits per heavy atom. The monoisotopic (exact) mass is 330 g/mol. The highest BCUT2D eigenvalue weighted by molar-refractivity contribution is 9.10. The summed E-state index contributed by atoms with van der Waals surface area (Å²) in [6.45, 7) is 0.345. The number of halogens is 2. The van der Waals surface area contributed by atoms with Crippen LogP contribution in [0.5, 0.6) is 0 Å². The fourth-order valence-corrected chi connectivity index (χ4v) is 2.85. The Morgan fingerprint density at radius 1 is 1.50 bits per heavy atom. The topological polar surface area (TPSA) is 55.2 Å². The van der Waals surface area contributed by atoms with Crippen molar-refractivity contribution in [3.63, 3.8) is 0 Å². The number of hydrogen-bond donors (Lipinski definition) is 1. The number of para-hydroxylation sites is 1. The lowest BCUT2D eigenvalue weighted by atomic mass is 10.2. The third-order valence-electron chi connectivity index (χ3n) is 2.25. The van der Waals surface area contributed by atoms with Gasteiger partial charge in [0.25, 0.3) is 5.69 Å². The lowest BCUT2D eigenvalue weighted by Crippen LogP contribution is -2.03. The highest BCUT2D eigenvalue weighted by Gasteiger charge is 2.17. The van der Waals surface area contributed by atoms with Crippen LogP contribution in [0.1, 0.15) is 4.88 Å². The maximum atomic E-state index is 13.5. The molecule has 0 amide bonds. The predicted octanol–water partition coefficient (Wildman–Crippen LogP) is 4.17. The van der Waals surface area contributed by atoms with E-state index in [0.29, 0.717) is 6.54 Å². The van der Waals surface area contributed by atoms with Crippen molar-refractivity contribution in [2.75, 3.05) is 5.32 Å². The van der Waals surface area contributed by atoms with Crippen LogP contribution in [0.15, 0.2) is 34.1 Å². The second kappa shape index (κ2) is 5.45. The van der Waals surface area contributed by atoms with Gasteiger partial charge in [-0.25, -0.2) is 4.39 Å². The Kier molecular flexibility index (Phi) is 3.93. The molecule has 0 aliphatic rings. The molecule has 18 heavy (non-hydrogen) atoms. The molecule has 0 atom stereocenters. The van der Waals surface area contributed by atoms with Crippen molar-refractivity contribution >= 4 is 38.6 Å². The van der Waals surface area contributed by atoms with E-state index in [4.69, 9.17) is 0 Å². The van der Waals surface area contributed by atoms with Crippen molar-refractivity contribution < 1.29 is 9.31 Å². The van der Waals surface area contributed by atoms with E-state index in [1.807, 2.05) is 11.4 Å². The second-order valence-electron chi connectivity index (χ2n) is 3.48. The van der Waals surface area contributed by atoms with Crippen molar-refractivity contribution in [2.24, 2.45) is 0 Å². The fourth-order valence-electron chi connectivity index (χ4n) is 1.46. The van der Waals surface area contributed by atoms with E-state index in [1.165, 1.54) is 29.5 Å². The molecule has 2 aromatic rings. The summed E-state index contributed by atoms with van der Waals surface area (Å²) >= 11 is 4.80. The summed E-state index contributed by atoms with van der Waals surface area (Å²) in [5, 5.41) is 15.4.